The smallest absolute Gasteiger partial charge is 0.414 e. The minimum Gasteiger partial charge on any atom is -0.480 e. The Morgan fingerprint density at radius 3 is 2.45 bits per heavy atom. The standard InChI is InChI=1S/C24H24F4N6O4/c1-33-4-6-34(7-5-33)19-10-17(25)13(14-11-30-23(38-3)32-22(14)37-2)8-18(19)31-21(36)15-12-29-20(35)9-16(15)24(26,27)28/h8-12,15H,4-7H2,1-3H3,(H,31,36). The Kier molecular flexibility index (Phi) is 7.62. The predicted molar refractivity (Wildman–Crippen MR) is 130 cm³/mol. The van der Waals surface area contributed by atoms with Crippen LogP contribution in [0.4, 0.5) is 28.9 Å². The summed E-state index contributed by atoms with van der Waals surface area (Å²) in [5, 5.41) is 2.49. The van der Waals surface area contributed by atoms with Crippen molar-refractivity contribution in [3.63, 3.8) is 0 Å². The number of rotatable bonds is 6. The van der Waals surface area contributed by atoms with Crippen LogP contribution in [0.15, 0.2) is 35.0 Å². The third kappa shape index (κ3) is 5.59. The summed E-state index contributed by atoms with van der Waals surface area (Å²) in [5.74, 6) is -4.78. The van der Waals surface area contributed by atoms with E-state index in [0.29, 0.717) is 38.5 Å². The molecule has 3 heterocycles. The number of hydrogen-bond acceptors (Lipinski definition) is 8. The van der Waals surface area contributed by atoms with E-state index in [-0.39, 0.29) is 34.4 Å². The summed E-state index contributed by atoms with van der Waals surface area (Å²) in [5.41, 5.74) is -0.935. The Balaban J connectivity index is 1.78. The fourth-order valence-corrected chi connectivity index (χ4v) is 4.13. The molecule has 4 rings (SSSR count). The van der Waals surface area contributed by atoms with Crippen LogP contribution in [0.25, 0.3) is 11.1 Å². The van der Waals surface area contributed by atoms with E-state index in [0.717, 1.165) is 0 Å². The van der Waals surface area contributed by atoms with Gasteiger partial charge in [-0.15, -0.1) is 0 Å². The minimum absolute atomic E-state index is 0.0133. The molecule has 1 fully saturated rings. The van der Waals surface area contributed by atoms with E-state index in [2.05, 4.69) is 25.2 Å². The molecule has 1 saturated heterocycles. The topological polar surface area (TPSA) is 109 Å². The first kappa shape index (κ1) is 27.0. The van der Waals surface area contributed by atoms with Gasteiger partial charge in [0.15, 0.2) is 0 Å². The van der Waals surface area contributed by atoms with Crippen molar-refractivity contribution >= 4 is 29.4 Å². The average molecular weight is 536 g/mol. The number of hydrogen-bond donors (Lipinski definition) is 1. The molecule has 2 aromatic rings. The van der Waals surface area contributed by atoms with Gasteiger partial charge < -0.3 is 24.6 Å². The van der Waals surface area contributed by atoms with Crippen LogP contribution in [0.2, 0.25) is 0 Å². The van der Waals surface area contributed by atoms with Gasteiger partial charge in [-0.25, -0.2) is 14.4 Å². The SMILES string of the molecule is COc1ncc(-c2cc(NC(=O)C3C=NC(=O)C=C3C(F)(F)F)c(N3CCN(C)CC3)cc2F)c(OC)n1. The monoisotopic (exact) mass is 536 g/mol. The molecule has 0 spiro atoms. The predicted octanol–water partition coefficient (Wildman–Crippen LogP) is 2.71. The lowest BCUT2D eigenvalue weighted by Crippen LogP contribution is -2.45. The molecule has 1 aromatic heterocycles. The first-order valence-corrected chi connectivity index (χ1v) is 11.4. The number of methoxy groups -OCH3 is 2. The van der Waals surface area contributed by atoms with Crippen LogP contribution in [0.1, 0.15) is 0 Å². The van der Waals surface area contributed by atoms with Gasteiger partial charge in [0.1, 0.15) is 11.7 Å². The number of ether oxygens (including phenoxy) is 2. The fourth-order valence-electron chi connectivity index (χ4n) is 4.13. The maximum Gasteiger partial charge on any atom is 0.414 e. The number of piperazine rings is 1. The molecule has 0 radical (unpaired) electrons. The van der Waals surface area contributed by atoms with Crippen LogP contribution in [0.3, 0.4) is 0 Å². The highest BCUT2D eigenvalue weighted by molar-refractivity contribution is 6.11. The minimum atomic E-state index is -4.94. The van der Waals surface area contributed by atoms with Gasteiger partial charge in [-0.3, -0.25) is 9.59 Å². The van der Waals surface area contributed by atoms with Crippen LogP contribution < -0.4 is 19.7 Å². The van der Waals surface area contributed by atoms with Gasteiger partial charge in [0.05, 0.1) is 36.7 Å². The molecule has 1 N–H and O–H groups in total. The number of anilines is 2. The van der Waals surface area contributed by atoms with Crippen LogP contribution in [0.5, 0.6) is 11.9 Å². The van der Waals surface area contributed by atoms with E-state index in [1.807, 2.05) is 11.9 Å². The molecule has 10 nitrogen and oxygen atoms in total. The van der Waals surface area contributed by atoms with Crippen molar-refractivity contribution in [3.8, 4) is 23.0 Å². The number of aliphatic imine (C=N–C) groups is 1. The molecule has 2 aliphatic heterocycles. The number of halogens is 4. The molecular formula is C24H24F4N6O4. The molecule has 202 valence electrons. The van der Waals surface area contributed by atoms with Gasteiger partial charge in [-0.2, -0.15) is 18.2 Å². The highest BCUT2D eigenvalue weighted by Gasteiger charge is 2.43. The summed E-state index contributed by atoms with van der Waals surface area (Å²) in [6.07, 6.45) is -2.72. The molecular weight excluding hydrogens is 512 g/mol. The highest BCUT2D eigenvalue weighted by atomic mass is 19.4. The van der Waals surface area contributed by atoms with Crippen LogP contribution in [0, 0.1) is 11.7 Å². The van der Waals surface area contributed by atoms with E-state index in [1.165, 1.54) is 32.5 Å². The third-order valence-corrected chi connectivity index (χ3v) is 6.16. The van der Waals surface area contributed by atoms with Crippen molar-refractivity contribution in [3.05, 3.63) is 35.8 Å². The molecule has 1 aromatic carbocycles. The van der Waals surface area contributed by atoms with E-state index < -0.39 is 35.3 Å². The number of carbonyl (C=O) groups is 2. The zero-order chi connectivity index (χ0) is 27.6. The van der Waals surface area contributed by atoms with Gasteiger partial charge in [0, 0.05) is 50.2 Å². The lowest BCUT2D eigenvalue weighted by atomic mass is 9.95. The Morgan fingerprint density at radius 2 is 1.82 bits per heavy atom. The summed E-state index contributed by atoms with van der Waals surface area (Å²) in [6.45, 7) is 2.27. The molecule has 1 unspecified atom stereocenters. The van der Waals surface area contributed by atoms with E-state index in [9.17, 15) is 22.8 Å². The van der Waals surface area contributed by atoms with Crippen LogP contribution >= 0.6 is 0 Å². The Bertz CT molecular complexity index is 1310. The maximum absolute atomic E-state index is 15.5. The number of likely N-dealkylation sites (N-methyl/N-ethyl adjacent to an activating group) is 1. The molecule has 0 aliphatic carbocycles. The second-order valence-corrected chi connectivity index (χ2v) is 8.60. The van der Waals surface area contributed by atoms with Gasteiger partial charge in [0.25, 0.3) is 5.91 Å². The first-order chi connectivity index (χ1) is 18.0. The number of carbonyl (C=O) groups excluding carboxylic acids is 2. The zero-order valence-corrected chi connectivity index (χ0v) is 20.7. The summed E-state index contributed by atoms with van der Waals surface area (Å²) < 4.78 is 66.5. The number of nitrogens with one attached hydrogen (secondary N) is 1. The lowest BCUT2D eigenvalue weighted by Gasteiger charge is -2.35. The highest BCUT2D eigenvalue weighted by Crippen LogP contribution is 2.39. The van der Waals surface area contributed by atoms with Crippen molar-refractivity contribution in [2.24, 2.45) is 10.9 Å². The molecule has 1 atom stereocenters. The van der Waals surface area contributed by atoms with Gasteiger partial charge >= 0.3 is 12.2 Å². The van der Waals surface area contributed by atoms with Gasteiger partial charge in [-0.05, 0) is 19.2 Å². The number of nitrogens with zero attached hydrogens (tertiary/aromatic N) is 5. The van der Waals surface area contributed by atoms with Crippen molar-refractivity contribution in [2.45, 2.75) is 6.18 Å². The molecule has 0 saturated carbocycles. The Hall–Kier alpha value is -4.07. The second kappa shape index (κ2) is 10.7. The number of amides is 2. The van der Waals surface area contributed by atoms with E-state index >= 15 is 4.39 Å². The van der Waals surface area contributed by atoms with Crippen LogP contribution in [-0.4, -0.2) is 86.5 Å². The van der Waals surface area contributed by atoms with Gasteiger partial charge in [-0.1, -0.05) is 0 Å². The Labute approximate surface area is 215 Å². The number of alkyl halides is 3. The largest absolute Gasteiger partial charge is 0.480 e. The third-order valence-electron chi connectivity index (χ3n) is 6.16. The van der Waals surface area contributed by atoms with Crippen LogP contribution in [-0.2, 0) is 9.59 Å². The zero-order valence-electron chi connectivity index (χ0n) is 20.7. The lowest BCUT2D eigenvalue weighted by molar-refractivity contribution is -0.124. The number of dihydropyridines is 1. The molecule has 2 amide bonds. The van der Waals surface area contributed by atoms with Gasteiger partial charge in [0.2, 0.25) is 11.8 Å². The van der Waals surface area contributed by atoms with Crippen molar-refractivity contribution < 1.29 is 36.6 Å². The number of aromatic nitrogens is 2. The summed E-state index contributed by atoms with van der Waals surface area (Å²) >= 11 is 0. The first-order valence-electron chi connectivity index (χ1n) is 11.4. The molecule has 0 bridgehead atoms. The summed E-state index contributed by atoms with van der Waals surface area (Å²) in [7, 11) is 4.59. The quantitative estimate of drug-likeness (QED) is 0.562. The summed E-state index contributed by atoms with van der Waals surface area (Å²) in [4.78, 5) is 39.9. The van der Waals surface area contributed by atoms with Crippen molar-refractivity contribution in [1.82, 2.24) is 14.9 Å². The molecule has 38 heavy (non-hydrogen) atoms. The average Bonchev–Trinajstić information content (AvgIpc) is 2.89. The number of benzene rings is 1. The van der Waals surface area contributed by atoms with Crippen molar-refractivity contribution in [1.29, 1.82) is 0 Å². The molecule has 14 heteroatoms. The summed E-state index contributed by atoms with van der Waals surface area (Å²) in [6, 6.07) is 2.46. The van der Waals surface area contributed by atoms with E-state index in [4.69, 9.17) is 9.47 Å². The fraction of sp³-hybridized carbons (Fsp3) is 0.375. The molecule has 2 aliphatic rings. The Morgan fingerprint density at radius 1 is 1.11 bits per heavy atom. The maximum atomic E-state index is 15.5. The normalized spacial score (nSPS) is 18.3. The van der Waals surface area contributed by atoms with Crippen molar-refractivity contribution in [2.75, 3.05) is 57.7 Å². The van der Waals surface area contributed by atoms with E-state index in [1.54, 1.807) is 0 Å². The second-order valence-electron chi connectivity index (χ2n) is 8.60.